The van der Waals surface area contributed by atoms with E-state index in [2.05, 4.69) is 363 Å². The number of hydrogen-bond acceptors (Lipinski definition) is 11. The molecule has 14 heteroatoms. The zero-order valence-corrected chi connectivity index (χ0v) is 69.2. The van der Waals surface area contributed by atoms with Crippen molar-refractivity contribution in [2.24, 2.45) is 0 Å². The van der Waals surface area contributed by atoms with Gasteiger partial charge in [0, 0.05) is 124 Å². The Hall–Kier alpha value is -17.8. The van der Waals surface area contributed by atoms with Gasteiger partial charge >= 0.3 is 0 Å². The zero-order chi connectivity index (χ0) is 85.0. The van der Waals surface area contributed by atoms with E-state index < -0.39 is 0 Å². The Kier molecular flexibility index (Phi) is 17.6. The number of para-hydroxylation sites is 7. The number of fused-ring (bicyclic) bond motifs is 18. The van der Waals surface area contributed by atoms with Crippen LogP contribution in [-0.4, -0.2) is 68.5 Å². The smallest absolute Gasteiger partial charge is 0.235 e. The summed E-state index contributed by atoms with van der Waals surface area (Å²) >= 11 is 0. The van der Waals surface area contributed by atoms with Crippen molar-refractivity contribution in [3.05, 3.63) is 425 Å². The van der Waals surface area contributed by atoms with Crippen LogP contribution in [0.4, 0.5) is 0 Å². The summed E-state index contributed by atoms with van der Waals surface area (Å²) in [5, 5.41) is 21.9. The summed E-state index contributed by atoms with van der Waals surface area (Å²) in [7, 11) is 0. The van der Waals surface area contributed by atoms with Crippen LogP contribution in [0.25, 0.3) is 248 Å². The Bertz CT molecular complexity index is 8850. The Labute approximate surface area is 737 Å². The second-order valence-corrected chi connectivity index (χ2v) is 32.5. The fourth-order valence-electron chi connectivity index (χ4n) is 18.8. The minimum atomic E-state index is 0.637. The van der Waals surface area contributed by atoms with Crippen molar-refractivity contribution in [1.29, 1.82) is 0 Å². The highest BCUT2D eigenvalue weighted by Crippen LogP contribution is 2.42. The molecule has 11 heterocycles. The van der Waals surface area contributed by atoms with Gasteiger partial charge in [-0.1, -0.05) is 261 Å². The van der Waals surface area contributed by atoms with Crippen LogP contribution in [0.5, 0.6) is 0 Å². The standard InChI is InChI=1S/C39H24N4.2C38H23N5/c1-2-10-26-21-29(18-17-25(26)9-1)34-20-19-30(24-40-34)38-32-14-5-7-15-35(32)41-39(42-38)43-36-16-8-6-13-31(36)33-22-27-11-3-4-12-28(27)23-37(33)43;1-2-10-26-22-35-31(21-25(26)9-1)28-13-4-6-17-34(28)43(35)38-41-33-16-5-3-14-30(33)37(42-38)27-18-19-32(40-23-27)29-15-7-11-24-12-8-20-39-36(24)29;1-2-9-26-22-36-31(20-25(26)8-1)29-11-4-6-14-35(29)43(36)38-41-33-13-5-3-12-30(33)37(42-38)28-17-18-32(40-23-28)27-16-15-24-10-7-19-39-34(24)21-27/h1-24H;2*1-23H. The van der Waals surface area contributed by atoms with Crippen molar-refractivity contribution in [2.45, 2.75) is 0 Å². The molecule has 0 saturated carbocycles. The van der Waals surface area contributed by atoms with Crippen molar-refractivity contribution in [3.63, 3.8) is 0 Å². The minimum absolute atomic E-state index is 0.637. The third-order valence-corrected chi connectivity index (χ3v) is 25.0. The van der Waals surface area contributed by atoms with E-state index in [-0.39, 0.29) is 0 Å². The molecule has 0 fully saturated rings. The molecular weight excluding hydrogens is 1580 g/mol. The predicted molar refractivity (Wildman–Crippen MR) is 528 cm³/mol. The van der Waals surface area contributed by atoms with E-state index in [1.54, 1.807) is 0 Å². The van der Waals surface area contributed by atoms with Crippen LogP contribution in [0, 0.1) is 0 Å². The van der Waals surface area contributed by atoms with Crippen LogP contribution in [0.15, 0.2) is 425 Å². The number of pyridine rings is 5. The van der Waals surface area contributed by atoms with Crippen molar-refractivity contribution < 1.29 is 0 Å². The molecule has 0 unspecified atom stereocenters. The lowest BCUT2D eigenvalue weighted by Crippen LogP contribution is -2.03. The van der Waals surface area contributed by atoms with Gasteiger partial charge < -0.3 is 0 Å². The average molecular weight is 1650 g/mol. The SMILES string of the molecule is c1ccc2cc(-c3ccc(-c4nc(-n5c6ccccc6c6cc7ccccc7cc65)nc5ccccc45)cn3)ccc2c1.c1ccc2cc3c(cc2c1)c1ccccc1n3-c1nc(-c2ccc(-c3ccc4cccnc4c3)nc2)c2ccccc2n1.c1ccc2cc3c(cc2c1)c1ccccc1n3-c1nc(-c2ccc(-c3cccc4cccnc34)nc2)c2ccccc2n1. The fourth-order valence-corrected chi connectivity index (χ4v) is 18.8. The van der Waals surface area contributed by atoms with Gasteiger partial charge in [-0.15, -0.1) is 0 Å². The van der Waals surface area contributed by atoms with E-state index in [1.165, 1.54) is 75.4 Å². The third-order valence-electron chi connectivity index (χ3n) is 25.0. The molecule has 0 amide bonds. The van der Waals surface area contributed by atoms with Gasteiger partial charge in [-0.3, -0.25) is 38.6 Å². The van der Waals surface area contributed by atoms with Gasteiger partial charge in [0.2, 0.25) is 17.8 Å². The van der Waals surface area contributed by atoms with Crippen LogP contribution in [0.2, 0.25) is 0 Å². The summed E-state index contributed by atoms with van der Waals surface area (Å²) < 4.78 is 6.58. The molecule has 600 valence electrons. The molecule has 14 nitrogen and oxygen atoms in total. The average Bonchev–Trinajstić information content (AvgIpc) is 1.59. The van der Waals surface area contributed by atoms with E-state index in [4.69, 9.17) is 44.9 Å². The second kappa shape index (κ2) is 30.6. The number of aromatic nitrogens is 14. The lowest BCUT2D eigenvalue weighted by molar-refractivity contribution is 1.01. The van der Waals surface area contributed by atoms with E-state index >= 15 is 0 Å². The van der Waals surface area contributed by atoms with Gasteiger partial charge in [0.05, 0.1) is 94.8 Å². The number of hydrogen-bond donors (Lipinski definition) is 0. The maximum absolute atomic E-state index is 5.25. The van der Waals surface area contributed by atoms with Crippen LogP contribution >= 0.6 is 0 Å². The van der Waals surface area contributed by atoms with E-state index in [1.807, 2.05) is 85.6 Å². The molecule has 0 spiro atoms. The highest BCUT2D eigenvalue weighted by atomic mass is 15.2. The Morgan fingerprint density at radius 1 is 0.171 bits per heavy atom. The lowest BCUT2D eigenvalue weighted by Gasteiger charge is -2.12. The molecule has 0 atom stereocenters. The number of nitrogens with zero attached hydrogens (tertiary/aromatic N) is 14. The molecule has 27 aromatic rings. The van der Waals surface area contributed by atoms with Crippen LogP contribution in [-0.2, 0) is 0 Å². The zero-order valence-electron chi connectivity index (χ0n) is 69.2. The summed E-state index contributed by atoms with van der Waals surface area (Å²) in [6, 6.07) is 137. The molecule has 0 bridgehead atoms. The largest absolute Gasteiger partial charge is 0.278 e. The van der Waals surface area contributed by atoms with Crippen LogP contribution < -0.4 is 0 Å². The fraction of sp³-hybridized carbons (Fsp3) is 0. The summed E-state index contributed by atoms with van der Waals surface area (Å²) in [6.07, 6.45) is 9.40. The van der Waals surface area contributed by atoms with E-state index in [9.17, 15) is 0 Å². The Morgan fingerprint density at radius 2 is 0.496 bits per heavy atom. The molecule has 11 aromatic heterocycles. The highest BCUT2D eigenvalue weighted by Gasteiger charge is 2.24. The first-order valence-electron chi connectivity index (χ1n) is 43.1. The molecule has 0 aliphatic carbocycles. The first-order chi connectivity index (χ1) is 63.9. The van der Waals surface area contributed by atoms with Crippen molar-refractivity contribution in [1.82, 2.24) is 68.5 Å². The molecule has 0 aliphatic heterocycles. The van der Waals surface area contributed by atoms with E-state index in [0.717, 1.165) is 155 Å². The van der Waals surface area contributed by atoms with Gasteiger partial charge in [0.15, 0.2) is 0 Å². The summed E-state index contributed by atoms with van der Waals surface area (Å²) in [6.45, 7) is 0. The molecule has 0 saturated heterocycles. The molecule has 0 N–H and O–H groups in total. The first kappa shape index (κ1) is 73.9. The van der Waals surface area contributed by atoms with Gasteiger partial charge in [-0.2, -0.15) is 0 Å². The summed E-state index contributed by atoms with van der Waals surface area (Å²) in [4.78, 5) is 54.9. The van der Waals surface area contributed by atoms with Crippen LogP contribution in [0.1, 0.15) is 0 Å². The normalized spacial score (nSPS) is 11.7. The van der Waals surface area contributed by atoms with Gasteiger partial charge in [0.25, 0.3) is 0 Å². The molecule has 129 heavy (non-hydrogen) atoms. The topological polar surface area (TPSA) is 157 Å². The van der Waals surface area contributed by atoms with Crippen molar-refractivity contribution in [3.8, 4) is 85.4 Å². The van der Waals surface area contributed by atoms with Crippen molar-refractivity contribution in [2.75, 3.05) is 0 Å². The van der Waals surface area contributed by atoms with Crippen molar-refractivity contribution >= 4 is 163 Å². The maximum Gasteiger partial charge on any atom is 0.235 e. The number of rotatable bonds is 9. The summed E-state index contributed by atoms with van der Waals surface area (Å²) in [5.41, 5.74) is 22.3. The monoisotopic (exact) mass is 1650 g/mol. The second-order valence-electron chi connectivity index (χ2n) is 32.5. The Morgan fingerprint density at radius 3 is 0.922 bits per heavy atom. The molecule has 0 radical (unpaired) electrons. The molecule has 16 aromatic carbocycles. The molecule has 0 aliphatic rings. The highest BCUT2D eigenvalue weighted by molar-refractivity contribution is 6.17. The predicted octanol–water partition coefficient (Wildman–Crippen LogP) is 28.1. The molecular formula is C115H70N14. The third kappa shape index (κ3) is 12.9. The van der Waals surface area contributed by atoms with Gasteiger partial charge in [-0.25, -0.2) is 29.9 Å². The Balaban J connectivity index is 0.000000105. The minimum Gasteiger partial charge on any atom is -0.278 e. The lowest BCUT2D eigenvalue weighted by atomic mass is 10.0. The molecule has 27 rings (SSSR count). The maximum atomic E-state index is 5.25. The first-order valence-corrected chi connectivity index (χ1v) is 43.1. The number of benzene rings is 16. The quantitative estimate of drug-likeness (QED) is 0.135. The van der Waals surface area contributed by atoms with E-state index in [0.29, 0.717) is 17.8 Å². The van der Waals surface area contributed by atoms with Gasteiger partial charge in [0.1, 0.15) is 0 Å². The summed E-state index contributed by atoms with van der Waals surface area (Å²) in [5.74, 6) is 1.92. The van der Waals surface area contributed by atoms with Crippen LogP contribution in [0.3, 0.4) is 0 Å². The van der Waals surface area contributed by atoms with Gasteiger partial charge in [-0.05, 0) is 177 Å².